The van der Waals surface area contributed by atoms with Gasteiger partial charge in [-0.3, -0.25) is 0 Å². The third-order valence-corrected chi connectivity index (χ3v) is 4.55. The summed E-state index contributed by atoms with van der Waals surface area (Å²) >= 11 is 0. The number of rotatable bonds is 4. The number of nitrogens with zero attached hydrogens (tertiary/aromatic N) is 3. The van der Waals surface area contributed by atoms with Gasteiger partial charge < -0.3 is 15.8 Å². The number of aromatic nitrogens is 2. The lowest BCUT2D eigenvalue weighted by Crippen LogP contribution is -2.16. The fourth-order valence-electron chi connectivity index (χ4n) is 3.19. The van der Waals surface area contributed by atoms with E-state index in [9.17, 15) is 5.26 Å². The van der Waals surface area contributed by atoms with Crippen molar-refractivity contribution < 1.29 is 4.74 Å². The van der Waals surface area contributed by atoms with E-state index in [1.165, 1.54) is 0 Å². The monoisotopic (exact) mass is 345 g/mol. The Labute approximate surface area is 151 Å². The summed E-state index contributed by atoms with van der Waals surface area (Å²) in [7, 11) is 0. The van der Waals surface area contributed by atoms with Gasteiger partial charge in [-0.25, -0.2) is 4.68 Å². The standard InChI is InChI=1S/C20H19N5O/c21-12-18-19(24-25(20(18)22)15-10-11-23-13-15)14-6-8-17(9-7-14)26-16-4-2-1-3-5-16/h1-9,15,23H,10-11,13,22H2. The number of hydrogen-bond donors (Lipinski definition) is 2. The van der Waals surface area contributed by atoms with Crippen LogP contribution in [0.25, 0.3) is 11.3 Å². The molecule has 0 bridgehead atoms. The maximum atomic E-state index is 9.54. The molecule has 3 N–H and O–H groups in total. The molecule has 0 spiro atoms. The van der Waals surface area contributed by atoms with Crippen molar-refractivity contribution in [1.82, 2.24) is 15.1 Å². The highest BCUT2D eigenvalue weighted by molar-refractivity contribution is 5.73. The van der Waals surface area contributed by atoms with Gasteiger partial charge in [0, 0.05) is 12.1 Å². The fraction of sp³-hybridized carbons (Fsp3) is 0.200. The number of nitriles is 1. The van der Waals surface area contributed by atoms with E-state index in [0.717, 1.165) is 36.6 Å². The van der Waals surface area contributed by atoms with Crippen molar-refractivity contribution >= 4 is 5.82 Å². The topological polar surface area (TPSA) is 88.9 Å². The lowest BCUT2D eigenvalue weighted by atomic mass is 10.1. The Morgan fingerprint density at radius 3 is 2.50 bits per heavy atom. The van der Waals surface area contributed by atoms with Gasteiger partial charge in [-0.15, -0.1) is 0 Å². The van der Waals surface area contributed by atoms with Crippen molar-refractivity contribution in [2.45, 2.75) is 12.5 Å². The molecule has 6 heteroatoms. The normalized spacial score (nSPS) is 16.3. The number of para-hydroxylation sites is 1. The first-order chi connectivity index (χ1) is 12.8. The van der Waals surface area contributed by atoms with E-state index in [1.807, 2.05) is 54.6 Å². The summed E-state index contributed by atoms with van der Waals surface area (Å²) < 4.78 is 7.59. The van der Waals surface area contributed by atoms with Gasteiger partial charge in [0.05, 0.1) is 6.04 Å². The molecule has 3 aromatic rings. The summed E-state index contributed by atoms with van der Waals surface area (Å²) in [6.07, 6.45) is 0.958. The third kappa shape index (κ3) is 3.01. The third-order valence-electron chi connectivity index (χ3n) is 4.55. The number of benzene rings is 2. The molecule has 0 aliphatic carbocycles. The zero-order valence-electron chi connectivity index (χ0n) is 14.2. The Kier molecular flexibility index (Phi) is 4.30. The second-order valence-corrected chi connectivity index (χ2v) is 6.25. The van der Waals surface area contributed by atoms with Crippen molar-refractivity contribution in [3.05, 3.63) is 60.2 Å². The van der Waals surface area contributed by atoms with Gasteiger partial charge in [-0.2, -0.15) is 10.4 Å². The molecule has 0 saturated carbocycles. The van der Waals surface area contributed by atoms with E-state index in [2.05, 4.69) is 16.5 Å². The molecule has 26 heavy (non-hydrogen) atoms. The Hall–Kier alpha value is -3.30. The van der Waals surface area contributed by atoms with Crippen LogP contribution in [0.4, 0.5) is 5.82 Å². The van der Waals surface area contributed by atoms with Crippen LogP contribution in [0, 0.1) is 11.3 Å². The second kappa shape index (κ2) is 6.90. The molecule has 0 amide bonds. The van der Waals surface area contributed by atoms with Crippen molar-refractivity contribution in [2.75, 3.05) is 18.8 Å². The SMILES string of the molecule is N#Cc1c(-c2ccc(Oc3ccccc3)cc2)nn(C2CCNC2)c1N. The number of nitrogens with one attached hydrogen (secondary N) is 1. The number of hydrogen-bond acceptors (Lipinski definition) is 5. The quantitative estimate of drug-likeness (QED) is 0.757. The highest BCUT2D eigenvalue weighted by atomic mass is 16.5. The molecular formula is C20H19N5O. The van der Waals surface area contributed by atoms with E-state index in [1.54, 1.807) is 4.68 Å². The van der Waals surface area contributed by atoms with E-state index >= 15 is 0 Å². The van der Waals surface area contributed by atoms with Gasteiger partial charge in [0.2, 0.25) is 0 Å². The van der Waals surface area contributed by atoms with Crippen LogP contribution in [0.3, 0.4) is 0 Å². The van der Waals surface area contributed by atoms with E-state index < -0.39 is 0 Å². The Morgan fingerprint density at radius 1 is 1.12 bits per heavy atom. The summed E-state index contributed by atoms with van der Waals surface area (Å²) in [4.78, 5) is 0. The Balaban J connectivity index is 1.63. The lowest BCUT2D eigenvalue weighted by molar-refractivity contribution is 0.482. The van der Waals surface area contributed by atoms with Crippen LogP contribution in [0.2, 0.25) is 0 Å². The van der Waals surface area contributed by atoms with Gasteiger partial charge in [0.1, 0.15) is 34.6 Å². The molecule has 2 heterocycles. The molecule has 130 valence electrons. The molecule has 1 atom stereocenters. The molecule has 1 aliphatic heterocycles. The molecule has 2 aromatic carbocycles. The van der Waals surface area contributed by atoms with Gasteiger partial charge in [-0.05, 0) is 49.4 Å². The maximum Gasteiger partial charge on any atom is 0.140 e. The van der Waals surface area contributed by atoms with Crippen LogP contribution in [0.5, 0.6) is 11.5 Å². The van der Waals surface area contributed by atoms with Crippen molar-refractivity contribution in [3.8, 4) is 28.8 Å². The van der Waals surface area contributed by atoms with Crippen LogP contribution in [-0.4, -0.2) is 22.9 Å². The van der Waals surface area contributed by atoms with Gasteiger partial charge in [-0.1, -0.05) is 18.2 Å². The summed E-state index contributed by atoms with van der Waals surface area (Å²) in [6, 6.07) is 19.5. The van der Waals surface area contributed by atoms with Gasteiger partial charge in [0.15, 0.2) is 0 Å². The number of nitrogens with two attached hydrogens (primary N) is 1. The molecule has 1 unspecified atom stereocenters. The zero-order valence-corrected chi connectivity index (χ0v) is 14.2. The number of nitrogen functional groups attached to an aromatic ring is 1. The first-order valence-corrected chi connectivity index (χ1v) is 8.58. The van der Waals surface area contributed by atoms with Crippen LogP contribution < -0.4 is 15.8 Å². The minimum Gasteiger partial charge on any atom is -0.457 e. The first-order valence-electron chi connectivity index (χ1n) is 8.58. The molecule has 6 nitrogen and oxygen atoms in total. The highest BCUT2D eigenvalue weighted by Crippen LogP contribution is 2.31. The molecule has 4 rings (SSSR count). The zero-order chi connectivity index (χ0) is 17.9. The van der Waals surface area contributed by atoms with Crippen molar-refractivity contribution in [1.29, 1.82) is 5.26 Å². The average molecular weight is 345 g/mol. The van der Waals surface area contributed by atoms with E-state index in [-0.39, 0.29) is 6.04 Å². The van der Waals surface area contributed by atoms with Crippen LogP contribution >= 0.6 is 0 Å². The Bertz CT molecular complexity index is 935. The van der Waals surface area contributed by atoms with E-state index in [0.29, 0.717) is 17.1 Å². The largest absolute Gasteiger partial charge is 0.457 e. The predicted octanol–water partition coefficient (Wildman–Crippen LogP) is 3.33. The second-order valence-electron chi connectivity index (χ2n) is 6.25. The summed E-state index contributed by atoms with van der Waals surface area (Å²) in [5.41, 5.74) is 8.07. The van der Waals surface area contributed by atoms with Crippen molar-refractivity contribution in [3.63, 3.8) is 0 Å². The van der Waals surface area contributed by atoms with Gasteiger partial charge >= 0.3 is 0 Å². The highest BCUT2D eigenvalue weighted by Gasteiger charge is 2.24. The smallest absolute Gasteiger partial charge is 0.140 e. The molecule has 0 radical (unpaired) electrons. The minimum atomic E-state index is 0.191. The first kappa shape index (κ1) is 16.2. The molecule has 1 aliphatic rings. The van der Waals surface area contributed by atoms with Crippen LogP contribution in [-0.2, 0) is 0 Å². The Morgan fingerprint density at radius 2 is 1.85 bits per heavy atom. The summed E-state index contributed by atoms with van der Waals surface area (Å²) in [6.45, 7) is 1.76. The molecular weight excluding hydrogens is 326 g/mol. The lowest BCUT2D eigenvalue weighted by Gasteiger charge is -2.10. The number of anilines is 1. The van der Waals surface area contributed by atoms with Crippen LogP contribution in [0.1, 0.15) is 18.0 Å². The predicted molar refractivity (Wildman–Crippen MR) is 99.8 cm³/mol. The average Bonchev–Trinajstić information content (AvgIpc) is 3.31. The molecule has 1 fully saturated rings. The molecule has 1 saturated heterocycles. The maximum absolute atomic E-state index is 9.54. The van der Waals surface area contributed by atoms with Crippen molar-refractivity contribution in [2.24, 2.45) is 0 Å². The summed E-state index contributed by atoms with van der Waals surface area (Å²) in [5, 5.41) is 17.5. The fourth-order valence-corrected chi connectivity index (χ4v) is 3.19. The number of ether oxygens (including phenoxy) is 1. The summed E-state index contributed by atoms with van der Waals surface area (Å²) in [5.74, 6) is 1.94. The molecule has 1 aromatic heterocycles. The van der Waals surface area contributed by atoms with Gasteiger partial charge in [0.25, 0.3) is 0 Å². The minimum absolute atomic E-state index is 0.191. The van der Waals surface area contributed by atoms with E-state index in [4.69, 9.17) is 10.5 Å². The van der Waals surface area contributed by atoms with Crippen LogP contribution in [0.15, 0.2) is 54.6 Å².